The van der Waals surface area contributed by atoms with Gasteiger partial charge in [0.1, 0.15) is 11.2 Å². The summed E-state index contributed by atoms with van der Waals surface area (Å²) in [6.45, 7) is 0. The smallest absolute Gasteiger partial charge is 0.185 e. The Kier molecular flexibility index (Phi) is 6.37. The zero-order valence-corrected chi connectivity index (χ0v) is 19.9. The zero-order chi connectivity index (χ0) is 24.4. The lowest BCUT2D eigenvalue weighted by Gasteiger charge is -1.99. The van der Waals surface area contributed by atoms with Crippen LogP contribution in [-0.2, 0) is 0 Å². The van der Waals surface area contributed by atoms with Crippen LogP contribution in [0.2, 0.25) is 10.0 Å². The Morgan fingerprint density at radius 3 is 1.37 bits per heavy atom. The van der Waals surface area contributed by atoms with E-state index in [2.05, 4.69) is 0 Å². The number of carbonyl (C=O) groups excluding carboxylic acids is 2. The molecule has 1 aromatic heterocycles. The molecule has 1 heterocycles. The van der Waals surface area contributed by atoms with E-state index in [1.807, 2.05) is 24.3 Å². The van der Waals surface area contributed by atoms with Crippen LogP contribution in [0.4, 0.5) is 0 Å². The average molecular weight is 497 g/mol. The molecule has 170 valence electrons. The summed E-state index contributed by atoms with van der Waals surface area (Å²) in [7, 11) is 0. The summed E-state index contributed by atoms with van der Waals surface area (Å²) in [6.07, 6.45) is 6.56. The molecule has 0 atom stereocenters. The molecule has 0 fully saturated rings. The van der Waals surface area contributed by atoms with Gasteiger partial charge in [-0.05, 0) is 83.9 Å². The topological polar surface area (TPSA) is 47.3 Å². The van der Waals surface area contributed by atoms with E-state index in [0.29, 0.717) is 32.3 Å². The Bertz CT molecular complexity index is 1500. The lowest BCUT2D eigenvalue weighted by Crippen LogP contribution is -1.94. The lowest BCUT2D eigenvalue weighted by atomic mass is 10.0. The van der Waals surface area contributed by atoms with Crippen molar-refractivity contribution in [1.82, 2.24) is 0 Å². The number of hydrogen-bond acceptors (Lipinski definition) is 3. The average Bonchev–Trinajstić information content (AvgIpc) is 3.25. The summed E-state index contributed by atoms with van der Waals surface area (Å²) >= 11 is 11.8. The fraction of sp³-hybridized carbons (Fsp3) is 0. The maximum absolute atomic E-state index is 12.8. The van der Waals surface area contributed by atoms with Gasteiger partial charge in [-0.2, -0.15) is 0 Å². The molecule has 0 saturated heterocycles. The molecule has 3 nitrogen and oxygen atoms in total. The number of benzene rings is 4. The molecule has 0 aliphatic rings. The van der Waals surface area contributed by atoms with Crippen LogP contribution in [0, 0.1) is 0 Å². The molecule has 0 saturated carbocycles. The van der Waals surface area contributed by atoms with E-state index in [1.165, 1.54) is 12.2 Å². The molecule has 0 aliphatic carbocycles. The van der Waals surface area contributed by atoms with Gasteiger partial charge in [-0.1, -0.05) is 59.6 Å². The third-order valence-electron chi connectivity index (χ3n) is 5.63. The van der Waals surface area contributed by atoms with E-state index in [9.17, 15) is 9.59 Å². The van der Waals surface area contributed by atoms with E-state index in [-0.39, 0.29) is 11.6 Å². The van der Waals surface area contributed by atoms with Crippen LogP contribution in [0.5, 0.6) is 0 Å². The highest BCUT2D eigenvalue weighted by atomic mass is 35.5. The Morgan fingerprint density at radius 2 is 0.971 bits per heavy atom. The van der Waals surface area contributed by atoms with Crippen molar-refractivity contribution in [3.05, 3.63) is 129 Å². The minimum Gasteiger partial charge on any atom is -0.456 e. The second-order valence-electron chi connectivity index (χ2n) is 8.02. The standard InChI is InChI=1S/C30H18Cl2O3/c31-23-9-1-19(2-10-23)5-13-27(33)21-7-15-29-25(17-21)26-18-22(8-16-30(26)35-29)28(34)14-6-20-3-11-24(32)12-4-20/h1-18H. The van der Waals surface area contributed by atoms with Gasteiger partial charge in [-0.15, -0.1) is 0 Å². The highest BCUT2D eigenvalue weighted by molar-refractivity contribution is 6.30. The van der Waals surface area contributed by atoms with Crippen molar-refractivity contribution >= 4 is 68.9 Å². The number of furan rings is 1. The molecular weight excluding hydrogens is 479 g/mol. The normalized spacial score (nSPS) is 11.7. The van der Waals surface area contributed by atoms with Crippen LogP contribution < -0.4 is 0 Å². The van der Waals surface area contributed by atoms with Gasteiger partial charge in [0, 0.05) is 31.9 Å². The molecule has 5 rings (SSSR count). The van der Waals surface area contributed by atoms with E-state index in [1.54, 1.807) is 72.8 Å². The largest absolute Gasteiger partial charge is 0.456 e. The molecule has 0 aliphatic heterocycles. The van der Waals surface area contributed by atoms with Crippen molar-refractivity contribution < 1.29 is 14.0 Å². The van der Waals surface area contributed by atoms with E-state index >= 15 is 0 Å². The molecule has 0 unspecified atom stereocenters. The predicted molar refractivity (Wildman–Crippen MR) is 143 cm³/mol. The summed E-state index contributed by atoms with van der Waals surface area (Å²) in [5, 5.41) is 2.84. The van der Waals surface area contributed by atoms with Crippen molar-refractivity contribution in [2.45, 2.75) is 0 Å². The molecule has 0 N–H and O–H groups in total. The van der Waals surface area contributed by atoms with Crippen LogP contribution in [-0.4, -0.2) is 11.6 Å². The van der Waals surface area contributed by atoms with Crippen molar-refractivity contribution in [1.29, 1.82) is 0 Å². The van der Waals surface area contributed by atoms with Crippen LogP contribution in [0.1, 0.15) is 31.8 Å². The van der Waals surface area contributed by atoms with E-state index in [0.717, 1.165) is 21.9 Å². The molecule has 0 bridgehead atoms. The monoisotopic (exact) mass is 496 g/mol. The van der Waals surface area contributed by atoms with Crippen LogP contribution in [0.3, 0.4) is 0 Å². The van der Waals surface area contributed by atoms with Gasteiger partial charge in [0.2, 0.25) is 0 Å². The molecular formula is C30H18Cl2O3. The molecule has 5 aromatic rings. The van der Waals surface area contributed by atoms with Gasteiger partial charge in [-0.25, -0.2) is 0 Å². The molecule has 0 radical (unpaired) electrons. The minimum absolute atomic E-state index is 0.130. The second-order valence-corrected chi connectivity index (χ2v) is 8.90. The molecule has 5 heteroatoms. The predicted octanol–water partition coefficient (Wildman–Crippen LogP) is 8.69. The number of rotatable bonds is 6. The molecule has 0 spiro atoms. The number of halogens is 2. The number of allylic oxidation sites excluding steroid dienone is 2. The van der Waals surface area contributed by atoms with Crippen molar-refractivity contribution in [3.63, 3.8) is 0 Å². The molecule has 35 heavy (non-hydrogen) atoms. The fourth-order valence-corrected chi connectivity index (χ4v) is 4.02. The summed E-state index contributed by atoms with van der Waals surface area (Å²) in [5.74, 6) is -0.261. The van der Waals surface area contributed by atoms with Crippen LogP contribution in [0.15, 0.2) is 101 Å². The second kappa shape index (κ2) is 9.75. The highest BCUT2D eigenvalue weighted by Crippen LogP contribution is 2.31. The Hall–Kier alpha value is -3.92. The number of fused-ring (bicyclic) bond motifs is 3. The van der Waals surface area contributed by atoms with Gasteiger partial charge in [0.15, 0.2) is 11.6 Å². The van der Waals surface area contributed by atoms with Crippen molar-refractivity contribution in [2.24, 2.45) is 0 Å². The van der Waals surface area contributed by atoms with E-state index < -0.39 is 0 Å². The summed E-state index contributed by atoms with van der Waals surface area (Å²) in [4.78, 5) is 25.6. The van der Waals surface area contributed by atoms with Gasteiger partial charge in [0.25, 0.3) is 0 Å². The quantitative estimate of drug-likeness (QED) is 0.174. The third kappa shape index (κ3) is 5.12. The third-order valence-corrected chi connectivity index (χ3v) is 6.14. The Labute approximate surface area is 211 Å². The first-order chi connectivity index (χ1) is 17.0. The number of ketones is 2. The van der Waals surface area contributed by atoms with Crippen LogP contribution in [0.25, 0.3) is 34.1 Å². The number of carbonyl (C=O) groups is 2. The molecule has 4 aromatic carbocycles. The SMILES string of the molecule is O=C(C=Cc1ccc(Cl)cc1)c1ccc2oc3ccc(C(=O)C=Cc4ccc(Cl)cc4)cc3c2c1. The van der Waals surface area contributed by atoms with Crippen LogP contribution >= 0.6 is 23.2 Å². The zero-order valence-electron chi connectivity index (χ0n) is 18.4. The summed E-state index contributed by atoms with van der Waals surface area (Å²) in [5.41, 5.74) is 4.13. The fourth-order valence-electron chi connectivity index (χ4n) is 3.77. The Balaban J connectivity index is 1.43. The first kappa shape index (κ1) is 22.9. The van der Waals surface area contributed by atoms with E-state index in [4.69, 9.17) is 27.6 Å². The maximum Gasteiger partial charge on any atom is 0.185 e. The van der Waals surface area contributed by atoms with Gasteiger partial charge in [0.05, 0.1) is 0 Å². The van der Waals surface area contributed by atoms with Gasteiger partial charge < -0.3 is 4.42 Å². The molecule has 0 amide bonds. The minimum atomic E-state index is -0.130. The highest BCUT2D eigenvalue weighted by Gasteiger charge is 2.12. The first-order valence-corrected chi connectivity index (χ1v) is 11.6. The summed E-state index contributed by atoms with van der Waals surface area (Å²) in [6, 6.07) is 25.1. The van der Waals surface area contributed by atoms with Gasteiger partial charge >= 0.3 is 0 Å². The lowest BCUT2D eigenvalue weighted by molar-refractivity contribution is 0.104. The maximum atomic E-state index is 12.8. The van der Waals surface area contributed by atoms with Gasteiger partial charge in [-0.3, -0.25) is 9.59 Å². The first-order valence-electron chi connectivity index (χ1n) is 10.9. The summed E-state index contributed by atoms with van der Waals surface area (Å²) < 4.78 is 5.92. The van der Waals surface area contributed by atoms with Crippen molar-refractivity contribution in [2.75, 3.05) is 0 Å². The number of hydrogen-bond donors (Lipinski definition) is 0. The Morgan fingerprint density at radius 1 is 0.571 bits per heavy atom. The van der Waals surface area contributed by atoms with Crippen molar-refractivity contribution in [3.8, 4) is 0 Å².